The summed E-state index contributed by atoms with van der Waals surface area (Å²) >= 11 is 1.82. The summed E-state index contributed by atoms with van der Waals surface area (Å²) in [5.41, 5.74) is 5.31. The molecule has 2 aromatic rings. The molecule has 0 saturated heterocycles. The number of nitrogens with zero attached hydrogens (tertiary/aromatic N) is 1. The second kappa shape index (κ2) is 6.51. The van der Waals surface area contributed by atoms with Gasteiger partial charge in [0.15, 0.2) is 0 Å². The van der Waals surface area contributed by atoms with E-state index < -0.39 is 0 Å². The van der Waals surface area contributed by atoms with Crippen LogP contribution in [0, 0.1) is 27.7 Å². The topological polar surface area (TPSA) is 24.9 Å². The fourth-order valence-corrected chi connectivity index (χ4v) is 3.34. The van der Waals surface area contributed by atoms with E-state index >= 15 is 0 Å². The minimum Gasteiger partial charge on any atom is -0.316 e. The molecule has 0 aliphatic rings. The summed E-state index contributed by atoms with van der Waals surface area (Å²) < 4.78 is 0. The minimum absolute atomic E-state index is 0.446. The molecule has 20 heavy (non-hydrogen) atoms. The Bertz CT molecular complexity index is 567. The number of aromatic nitrogens is 1. The van der Waals surface area contributed by atoms with Crippen LogP contribution in [0.2, 0.25) is 0 Å². The lowest BCUT2D eigenvalue weighted by Crippen LogP contribution is -2.29. The van der Waals surface area contributed by atoms with E-state index in [1.165, 1.54) is 32.3 Å². The molecule has 108 valence electrons. The molecule has 2 nitrogen and oxygen atoms in total. The maximum Gasteiger partial charge on any atom is 0.0946 e. The fourth-order valence-electron chi connectivity index (χ4n) is 2.33. The number of nitrogens with one attached hydrogen (secondary N) is 1. The van der Waals surface area contributed by atoms with Crippen molar-refractivity contribution >= 4 is 11.3 Å². The van der Waals surface area contributed by atoms with Gasteiger partial charge >= 0.3 is 0 Å². The summed E-state index contributed by atoms with van der Waals surface area (Å²) in [6.07, 6.45) is 2.05. The second-order valence-electron chi connectivity index (χ2n) is 5.56. The van der Waals surface area contributed by atoms with Crippen molar-refractivity contribution in [2.24, 2.45) is 0 Å². The van der Waals surface area contributed by atoms with Crippen molar-refractivity contribution in [3.8, 4) is 0 Å². The van der Waals surface area contributed by atoms with Crippen molar-refractivity contribution < 1.29 is 0 Å². The average Bonchev–Trinajstić information content (AvgIpc) is 2.72. The Morgan fingerprint density at radius 2 is 1.85 bits per heavy atom. The lowest BCUT2D eigenvalue weighted by atomic mass is 9.99. The van der Waals surface area contributed by atoms with Gasteiger partial charge in [-0.25, -0.2) is 4.98 Å². The van der Waals surface area contributed by atoms with E-state index in [4.69, 9.17) is 0 Å². The van der Waals surface area contributed by atoms with E-state index in [2.05, 4.69) is 56.2 Å². The number of benzene rings is 1. The van der Waals surface area contributed by atoms with E-state index in [0.717, 1.165) is 12.8 Å². The maximum atomic E-state index is 4.65. The first-order valence-electron chi connectivity index (χ1n) is 7.16. The van der Waals surface area contributed by atoms with Gasteiger partial charge in [0.05, 0.1) is 10.7 Å². The molecule has 0 radical (unpaired) electrons. The van der Waals surface area contributed by atoms with Crippen molar-refractivity contribution in [1.29, 1.82) is 0 Å². The van der Waals surface area contributed by atoms with Gasteiger partial charge in [0, 0.05) is 17.3 Å². The standard InChI is InChI=1S/C17H24N2S/c1-11-6-7-15(8-12(11)2)9-16(18-5)10-17-19-13(3)14(4)20-17/h6-8,16,18H,9-10H2,1-5H3. The first kappa shape index (κ1) is 15.2. The van der Waals surface area contributed by atoms with Crippen molar-refractivity contribution in [2.45, 2.75) is 46.6 Å². The molecule has 1 unspecified atom stereocenters. The molecule has 1 N–H and O–H groups in total. The SMILES string of the molecule is CNC(Cc1ccc(C)c(C)c1)Cc1nc(C)c(C)s1. The molecule has 0 fully saturated rings. The van der Waals surface area contributed by atoms with Gasteiger partial charge in [-0.3, -0.25) is 0 Å². The van der Waals surface area contributed by atoms with Gasteiger partial charge in [-0.05, 0) is 57.9 Å². The van der Waals surface area contributed by atoms with Crippen LogP contribution in [0.3, 0.4) is 0 Å². The smallest absolute Gasteiger partial charge is 0.0946 e. The lowest BCUT2D eigenvalue weighted by Gasteiger charge is -2.15. The van der Waals surface area contributed by atoms with Crippen LogP contribution in [0.25, 0.3) is 0 Å². The third-order valence-electron chi connectivity index (χ3n) is 3.96. The number of aryl methyl sites for hydroxylation is 4. The van der Waals surface area contributed by atoms with Gasteiger partial charge in [0.25, 0.3) is 0 Å². The Hall–Kier alpha value is -1.19. The van der Waals surface area contributed by atoms with Crippen LogP contribution >= 0.6 is 11.3 Å². The Kier molecular flexibility index (Phi) is 4.95. The first-order chi connectivity index (χ1) is 9.49. The van der Waals surface area contributed by atoms with Crippen LogP contribution in [0.15, 0.2) is 18.2 Å². The van der Waals surface area contributed by atoms with Crippen molar-refractivity contribution in [3.05, 3.63) is 50.5 Å². The highest BCUT2D eigenvalue weighted by atomic mass is 32.1. The van der Waals surface area contributed by atoms with Gasteiger partial charge in [0.1, 0.15) is 0 Å². The zero-order valence-electron chi connectivity index (χ0n) is 13.1. The quantitative estimate of drug-likeness (QED) is 0.906. The Balaban J connectivity index is 2.06. The Labute approximate surface area is 126 Å². The van der Waals surface area contributed by atoms with Gasteiger partial charge in [-0.1, -0.05) is 18.2 Å². The fraction of sp³-hybridized carbons (Fsp3) is 0.471. The highest BCUT2D eigenvalue weighted by Crippen LogP contribution is 2.19. The van der Waals surface area contributed by atoms with E-state index in [1.54, 1.807) is 0 Å². The van der Waals surface area contributed by atoms with Gasteiger partial charge in [0.2, 0.25) is 0 Å². The average molecular weight is 288 g/mol. The highest BCUT2D eigenvalue weighted by molar-refractivity contribution is 7.11. The van der Waals surface area contributed by atoms with Gasteiger partial charge in [-0.2, -0.15) is 0 Å². The van der Waals surface area contributed by atoms with Crippen LogP contribution in [-0.4, -0.2) is 18.1 Å². The monoisotopic (exact) mass is 288 g/mol. The summed E-state index contributed by atoms with van der Waals surface area (Å²) in [6, 6.07) is 7.21. The minimum atomic E-state index is 0.446. The normalized spacial score (nSPS) is 12.7. The molecule has 1 atom stereocenters. The molecule has 1 aromatic carbocycles. The zero-order valence-corrected chi connectivity index (χ0v) is 13.9. The third-order valence-corrected chi connectivity index (χ3v) is 5.05. The number of likely N-dealkylation sites (N-methyl/N-ethyl adjacent to an activating group) is 1. The lowest BCUT2D eigenvalue weighted by molar-refractivity contribution is 0.554. The maximum absolute atomic E-state index is 4.65. The van der Waals surface area contributed by atoms with Crippen LogP contribution in [0.5, 0.6) is 0 Å². The molecule has 1 heterocycles. The molecule has 2 rings (SSSR count). The number of rotatable bonds is 5. The van der Waals surface area contributed by atoms with Crippen molar-refractivity contribution in [1.82, 2.24) is 10.3 Å². The summed E-state index contributed by atoms with van der Waals surface area (Å²) in [6.45, 7) is 8.58. The molecule has 0 bridgehead atoms. The van der Waals surface area contributed by atoms with Gasteiger partial charge < -0.3 is 5.32 Å². The molecule has 3 heteroatoms. The number of hydrogen-bond acceptors (Lipinski definition) is 3. The third kappa shape index (κ3) is 3.68. The largest absolute Gasteiger partial charge is 0.316 e. The molecule has 0 saturated carbocycles. The summed E-state index contributed by atoms with van der Waals surface area (Å²) in [5.74, 6) is 0. The van der Waals surface area contributed by atoms with Crippen LogP contribution < -0.4 is 5.32 Å². The summed E-state index contributed by atoms with van der Waals surface area (Å²) in [4.78, 5) is 5.98. The van der Waals surface area contributed by atoms with Crippen molar-refractivity contribution in [2.75, 3.05) is 7.05 Å². The van der Waals surface area contributed by atoms with E-state index in [1.807, 2.05) is 18.4 Å². The summed E-state index contributed by atoms with van der Waals surface area (Å²) in [5, 5.41) is 4.67. The Morgan fingerprint density at radius 1 is 1.10 bits per heavy atom. The Morgan fingerprint density at radius 3 is 2.40 bits per heavy atom. The second-order valence-corrected chi connectivity index (χ2v) is 6.85. The van der Waals surface area contributed by atoms with E-state index in [-0.39, 0.29) is 0 Å². The first-order valence-corrected chi connectivity index (χ1v) is 7.97. The molecule has 0 aliphatic heterocycles. The van der Waals surface area contributed by atoms with Crippen LogP contribution in [0.4, 0.5) is 0 Å². The molecule has 1 aromatic heterocycles. The molecular formula is C17H24N2S. The van der Waals surface area contributed by atoms with Crippen LogP contribution in [-0.2, 0) is 12.8 Å². The van der Waals surface area contributed by atoms with Crippen molar-refractivity contribution in [3.63, 3.8) is 0 Å². The molecule has 0 amide bonds. The predicted octanol–water partition coefficient (Wildman–Crippen LogP) is 3.75. The van der Waals surface area contributed by atoms with E-state index in [0.29, 0.717) is 6.04 Å². The zero-order chi connectivity index (χ0) is 14.7. The van der Waals surface area contributed by atoms with Crippen LogP contribution in [0.1, 0.15) is 32.3 Å². The molecular weight excluding hydrogens is 264 g/mol. The highest BCUT2D eigenvalue weighted by Gasteiger charge is 2.12. The number of thiazole rings is 1. The molecule has 0 aliphatic carbocycles. The summed E-state index contributed by atoms with van der Waals surface area (Å²) in [7, 11) is 2.04. The molecule has 0 spiro atoms. The predicted molar refractivity (Wildman–Crippen MR) is 87.8 cm³/mol. The number of hydrogen-bond donors (Lipinski definition) is 1. The van der Waals surface area contributed by atoms with E-state index in [9.17, 15) is 0 Å². The van der Waals surface area contributed by atoms with Gasteiger partial charge in [-0.15, -0.1) is 11.3 Å².